The van der Waals surface area contributed by atoms with Crippen molar-refractivity contribution in [3.8, 4) is 0 Å². The number of nitrogens with one attached hydrogen (secondary N) is 1. The molecule has 3 aromatic heterocycles. The minimum atomic E-state index is -0.657. The number of hydrogen-bond acceptors (Lipinski definition) is 7. The first-order chi connectivity index (χ1) is 14.0. The number of amides is 1. The SMILES string of the molecule is Nc1nn2cc(F)cnc2c1C(=O)Nc1cncc(F)c1N1CCC(CO)CC1. The third-order valence-corrected chi connectivity index (χ3v) is 5.01. The predicted molar refractivity (Wildman–Crippen MR) is 102 cm³/mol. The molecule has 0 bridgehead atoms. The summed E-state index contributed by atoms with van der Waals surface area (Å²) >= 11 is 0. The highest BCUT2D eigenvalue weighted by Crippen LogP contribution is 2.32. The lowest BCUT2D eigenvalue weighted by molar-refractivity contribution is 0.102. The van der Waals surface area contributed by atoms with Gasteiger partial charge in [-0.25, -0.2) is 18.3 Å². The average Bonchev–Trinajstić information content (AvgIpc) is 3.03. The number of nitrogens with zero attached hydrogens (tertiary/aromatic N) is 5. The van der Waals surface area contributed by atoms with E-state index < -0.39 is 17.5 Å². The summed E-state index contributed by atoms with van der Waals surface area (Å²) in [5.74, 6) is -1.81. The van der Waals surface area contributed by atoms with E-state index in [-0.39, 0.29) is 40.9 Å². The first-order valence-corrected chi connectivity index (χ1v) is 9.08. The maximum Gasteiger partial charge on any atom is 0.263 e. The Hall–Kier alpha value is -3.34. The number of carbonyl (C=O) groups is 1. The fourth-order valence-corrected chi connectivity index (χ4v) is 3.51. The number of aromatic nitrogens is 4. The van der Waals surface area contributed by atoms with Crippen molar-refractivity contribution in [1.29, 1.82) is 0 Å². The van der Waals surface area contributed by atoms with Crippen LogP contribution in [0.2, 0.25) is 0 Å². The van der Waals surface area contributed by atoms with Crippen LogP contribution in [-0.4, -0.2) is 50.3 Å². The largest absolute Gasteiger partial charge is 0.396 e. The molecule has 4 rings (SSSR count). The van der Waals surface area contributed by atoms with Gasteiger partial charge in [-0.3, -0.25) is 9.78 Å². The molecular formula is C18H19F2N7O2. The van der Waals surface area contributed by atoms with Gasteiger partial charge in [-0.1, -0.05) is 0 Å². The van der Waals surface area contributed by atoms with E-state index in [0.717, 1.165) is 23.1 Å². The van der Waals surface area contributed by atoms with Gasteiger partial charge in [0.15, 0.2) is 23.1 Å². The predicted octanol–water partition coefficient (Wildman–Crippen LogP) is 1.45. The molecule has 152 valence electrons. The zero-order chi connectivity index (χ0) is 20.5. The van der Waals surface area contributed by atoms with Crippen molar-refractivity contribution >= 4 is 28.7 Å². The lowest BCUT2D eigenvalue weighted by atomic mass is 9.97. The Morgan fingerprint density at radius 1 is 1.28 bits per heavy atom. The van der Waals surface area contributed by atoms with E-state index >= 15 is 0 Å². The minimum Gasteiger partial charge on any atom is -0.396 e. The van der Waals surface area contributed by atoms with Gasteiger partial charge in [-0.15, -0.1) is 5.10 Å². The number of aliphatic hydroxyl groups is 1. The van der Waals surface area contributed by atoms with Gasteiger partial charge in [0.05, 0.1) is 30.5 Å². The Morgan fingerprint density at radius 3 is 2.76 bits per heavy atom. The fourth-order valence-electron chi connectivity index (χ4n) is 3.51. The molecule has 3 aromatic rings. The highest BCUT2D eigenvalue weighted by Gasteiger charge is 2.26. The van der Waals surface area contributed by atoms with Crippen LogP contribution in [0.3, 0.4) is 0 Å². The first-order valence-electron chi connectivity index (χ1n) is 9.08. The van der Waals surface area contributed by atoms with Crippen LogP contribution >= 0.6 is 0 Å². The van der Waals surface area contributed by atoms with Crippen LogP contribution in [0.1, 0.15) is 23.2 Å². The van der Waals surface area contributed by atoms with Crippen molar-refractivity contribution < 1.29 is 18.7 Å². The first kappa shape index (κ1) is 19.0. The number of carbonyl (C=O) groups excluding carboxylic acids is 1. The van der Waals surface area contributed by atoms with Crippen molar-refractivity contribution in [3.05, 3.63) is 42.0 Å². The molecule has 4 heterocycles. The lowest BCUT2D eigenvalue weighted by Gasteiger charge is -2.34. The molecule has 0 aliphatic carbocycles. The summed E-state index contributed by atoms with van der Waals surface area (Å²) in [5, 5.41) is 15.8. The fraction of sp³-hybridized carbons (Fsp3) is 0.333. The van der Waals surface area contributed by atoms with E-state index in [1.165, 1.54) is 6.20 Å². The van der Waals surface area contributed by atoms with Crippen molar-refractivity contribution in [2.45, 2.75) is 12.8 Å². The Kier molecular flexibility index (Phi) is 4.97. The maximum atomic E-state index is 14.6. The van der Waals surface area contributed by atoms with Crippen LogP contribution in [0.4, 0.5) is 26.0 Å². The van der Waals surface area contributed by atoms with Crippen molar-refractivity contribution in [2.75, 3.05) is 35.6 Å². The summed E-state index contributed by atoms with van der Waals surface area (Å²) in [4.78, 5) is 22.4. The normalized spacial score (nSPS) is 15.1. The zero-order valence-corrected chi connectivity index (χ0v) is 15.3. The Bertz CT molecular complexity index is 1060. The molecule has 1 aliphatic heterocycles. The van der Waals surface area contributed by atoms with Gasteiger partial charge in [-0.2, -0.15) is 0 Å². The molecule has 0 unspecified atom stereocenters. The smallest absolute Gasteiger partial charge is 0.263 e. The number of halogens is 2. The van der Waals surface area contributed by atoms with E-state index in [9.17, 15) is 18.7 Å². The van der Waals surface area contributed by atoms with Crippen LogP contribution < -0.4 is 16.0 Å². The van der Waals surface area contributed by atoms with Crippen LogP contribution in [-0.2, 0) is 0 Å². The summed E-state index contributed by atoms with van der Waals surface area (Å²) in [5.41, 5.74) is 6.26. The molecular weight excluding hydrogens is 384 g/mol. The molecule has 0 atom stereocenters. The van der Waals surface area contributed by atoms with Gasteiger partial charge >= 0.3 is 0 Å². The molecule has 0 aromatic carbocycles. The monoisotopic (exact) mass is 403 g/mol. The van der Waals surface area contributed by atoms with E-state index in [1.807, 2.05) is 4.90 Å². The maximum absolute atomic E-state index is 14.6. The average molecular weight is 403 g/mol. The summed E-state index contributed by atoms with van der Waals surface area (Å²) in [6.07, 6.45) is 5.86. The molecule has 1 saturated heterocycles. The molecule has 0 saturated carbocycles. The number of hydrogen-bond donors (Lipinski definition) is 3. The van der Waals surface area contributed by atoms with Gasteiger partial charge in [-0.05, 0) is 18.8 Å². The van der Waals surface area contributed by atoms with Gasteiger partial charge in [0.25, 0.3) is 5.91 Å². The third kappa shape index (κ3) is 3.56. The molecule has 9 nitrogen and oxygen atoms in total. The quantitative estimate of drug-likeness (QED) is 0.603. The number of aliphatic hydroxyl groups excluding tert-OH is 1. The van der Waals surface area contributed by atoms with Gasteiger partial charge in [0.2, 0.25) is 0 Å². The molecule has 1 fully saturated rings. The number of anilines is 3. The number of rotatable bonds is 4. The van der Waals surface area contributed by atoms with E-state index in [4.69, 9.17) is 5.73 Å². The summed E-state index contributed by atoms with van der Waals surface area (Å²) < 4.78 is 29.0. The summed E-state index contributed by atoms with van der Waals surface area (Å²) in [7, 11) is 0. The highest BCUT2D eigenvalue weighted by atomic mass is 19.1. The van der Waals surface area contributed by atoms with Crippen LogP contribution in [0.15, 0.2) is 24.8 Å². The Labute approximate surface area is 164 Å². The minimum absolute atomic E-state index is 0.0424. The molecule has 29 heavy (non-hydrogen) atoms. The molecule has 0 radical (unpaired) electrons. The van der Waals surface area contributed by atoms with Crippen molar-refractivity contribution in [3.63, 3.8) is 0 Å². The summed E-state index contributed by atoms with van der Waals surface area (Å²) in [6, 6.07) is 0. The van der Waals surface area contributed by atoms with Gasteiger partial charge in [0.1, 0.15) is 11.3 Å². The second kappa shape index (κ2) is 7.59. The van der Waals surface area contributed by atoms with Gasteiger partial charge in [0, 0.05) is 19.7 Å². The number of piperidine rings is 1. The van der Waals surface area contributed by atoms with Crippen LogP contribution in [0, 0.1) is 17.6 Å². The van der Waals surface area contributed by atoms with E-state index in [2.05, 4.69) is 20.4 Å². The molecule has 0 spiro atoms. The Morgan fingerprint density at radius 2 is 2.03 bits per heavy atom. The van der Waals surface area contributed by atoms with E-state index in [0.29, 0.717) is 25.9 Å². The number of fused-ring (bicyclic) bond motifs is 1. The van der Waals surface area contributed by atoms with Crippen molar-refractivity contribution in [1.82, 2.24) is 19.6 Å². The standard InChI is InChI=1S/C18H19F2N7O2/c19-11-5-23-17-14(16(21)25-27(17)8-11)18(29)24-13-7-22-6-12(20)15(13)26-3-1-10(9-28)2-4-26/h5-8,10,28H,1-4,9H2,(H2,21,25)(H,24,29). The van der Waals surface area contributed by atoms with Gasteiger partial charge < -0.3 is 21.1 Å². The second-order valence-electron chi connectivity index (χ2n) is 6.89. The topological polar surface area (TPSA) is 122 Å². The Balaban J connectivity index is 1.65. The van der Waals surface area contributed by atoms with Crippen LogP contribution in [0.5, 0.6) is 0 Å². The number of pyridine rings is 1. The molecule has 4 N–H and O–H groups in total. The zero-order valence-electron chi connectivity index (χ0n) is 15.3. The number of nitrogen functional groups attached to an aromatic ring is 1. The molecule has 1 aliphatic rings. The lowest BCUT2D eigenvalue weighted by Crippen LogP contribution is -2.36. The molecule has 1 amide bonds. The summed E-state index contributed by atoms with van der Waals surface area (Å²) in [6.45, 7) is 1.17. The van der Waals surface area contributed by atoms with E-state index in [1.54, 1.807) is 0 Å². The highest BCUT2D eigenvalue weighted by molar-refractivity contribution is 6.12. The third-order valence-electron chi connectivity index (χ3n) is 5.01. The second-order valence-corrected chi connectivity index (χ2v) is 6.89. The number of nitrogens with two attached hydrogens (primary N) is 1. The van der Waals surface area contributed by atoms with Crippen LogP contribution in [0.25, 0.3) is 5.65 Å². The van der Waals surface area contributed by atoms with Crippen molar-refractivity contribution in [2.24, 2.45) is 5.92 Å². The molecule has 11 heteroatoms.